The molecule has 4 N–H and O–H groups in total. The summed E-state index contributed by atoms with van der Waals surface area (Å²) in [7, 11) is -3.82. The second-order valence-corrected chi connectivity index (χ2v) is 7.19. The van der Waals surface area contributed by atoms with E-state index in [9.17, 15) is 23.1 Å². The first-order valence-electron chi connectivity index (χ1n) is 7.52. The number of carbonyl (C=O) groups excluding carboxylic acids is 2. The molecule has 8 nitrogen and oxygen atoms in total. The number of aryl methyl sites for hydroxylation is 1. The van der Waals surface area contributed by atoms with Gasteiger partial charge in [-0.15, -0.1) is 0 Å². The van der Waals surface area contributed by atoms with Crippen molar-refractivity contribution < 1.29 is 27.9 Å². The molecule has 0 radical (unpaired) electrons. The molecular weight excluding hydrogens is 360 g/mol. The van der Waals surface area contributed by atoms with Crippen LogP contribution in [0.5, 0.6) is 5.75 Å². The number of hydrogen-bond donors (Lipinski definition) is 3. The van der Waals surface area contributed by atoms with Crippen molar-refractivity contribution in [2.75, 3.05) is 5.32 Å². The van der Waals surface area contributed by atoms with Gasteiger partial charge in [0.05, 0.1) is 4.90 Å². The molecule has 138 valence electrons. The zero-order valence-electron chi connectivity index (χ0n) is 14.1. The van der Waals surface area contributed by atoms with Gasteiger partial charge in [-0.2, -0.15) is 0 Å². The molecule has 9 heteroatoms. The maximum atomic E-state index is 12.1. The number of phenolic OH excluding ortho intramolecular Hbond substituents is 1. The number of aromatic hydroxyl groups is 1. The molecular formula is C17H18N2O6S. The van der Waals surface area contributed by atoms with Gasteiger partial charge >= 0.3 is 5.97 Å². The number of esters is 1. The third-order valence-corrected chi connectivity index (χ3v) is 4.40. The van der Waals surface area contributed by atoms with Crippen LogP contribution in [-0.2, 0) is 19.6 Å². The smallest absolute Gasteiger partial charge is 0.342 e. The largest absolute Gasteiger partial charge is 0.507 e. The van der Waals surface area contributed by atoms with Gasteiger partial charge in [0.2, 0.25) is 10.0 Å². The van der Waals surface area contributed by atoms with Gasteiger partial charge in [0, 0.05) is 5.69 Å². The Morgan fingerprint density at radius 1 is 1.15 bits per heavy atom. The summed E-state index contributed by atoms with van der Waals surface area (Å²) in [6.45, 7) is 3.12. The molecule has 2 aromatic rings. The Balaban J connectivity index is 2.03. The molecule has 0 saturated carbocycles. The van der Waals surface area contributed by atoms with Gasteiger partial charge in [-0.25, -0.2) is 18.4 Å². The van der Waals surface area contributed by atoms with Crippen LogP contribution >= 0.6 is 0 Å². The lowest BCUT2D eigenvalue weighted by atomic mass is 10.1. The van der Waals surface area contributed by atoms with E-state index in [4.69, 9.17) is 9.88 Å². The number of sulfonamides is 1. The molecule has 0 spiro atoms. The molecule has 0 aliphatic carbocycles. The lowest BCUT2D eigenvalue weighted by molar-refractivity contribution is -0.123. The summed E-state index contributed by atoms with van der Waals surface area (Å²) in [5.74, 6) is -1.70. The fourth-order valence-electron chi connectivity index (χ4n) is 2.06. The van der Waals surface area contributed by atoms with Crippen LogP contribution in [0.4, 0.5) is 5.69 Å². The van der Waals surface area contributed by atoms with E-state index in [0.717, 1.165) is 5.56 Å². The van der Waals surface area contributed by atoms with Crippen LogP contribution in [0.2, 0.25) is 0 Å². The van der Waals surface area contributed by atoms with Gasteiger partial charge < -0.3 is 15.2 Å². The monoisotopic (exact) mass is 378 g/mol. The first-order valence-corrected chi connectivity index (χ1v) is 9.07. The van der Waals surface area contributed by atoms with E-state index in [1.54, 1.807) is 13.0 Å². The highest BCUT2D eigenvalue weighted by Crippen LogP contribution is 2.20. The topological polar surface area (TPSA) is 136 Å². The van der Waals surface area contributed by atoms with Crippen LogP contribution in [0.3, 0.4) is 0 Å². The van der Waals surface area contributed by atoms with Gasteiger partial charge in [-0.05, 0) is 50.2 Å². The van der Waals surface area contributed by atoms with Crippen LogP contribution in [0.15, 0.2) is 47.4 Å². The highest BCUT2D eigenvalue weighted by atomic mass is 32.2. The molecule has 26 heavy (non-hydrogen) atoms. The van der Waals surface area contributed by atoms with E-state index in [-0.39, 0.29) is 16.2 Å². The molecule has 0 heterocycles. The van der Waals surface area contributed by atoms with Gasteiger partial charge in [-0.3, -0.25) is 4.79 Å². The quantitative estimate of drug-likeness (QED) is 0.675. The first kappa shape index (κ1) is 19.4. The Kier molecular flexibility index (Phi) is 5.63. The number of nitrogens with one attached hydrogen (secondary N) is 1. The number of carbonyl (C=O) groups is 2. The summed E-state index contributed by atoms with van der Waals surface area (Å²) in [4.78, 5) is 24.1. The van der Waals surface area contributed by atoms with Gasteiger partial charge in [-0.1, -0.05) is 11.6 Å². The van der Waals surface area contributed by atoms with E-state index < -0.39 is 28.0 Å². The lowest BCUT2D eigenvalue weighted by Gasteiger charge is -2.14. The predicted octanol–water partition coefficient (Wildman–Crippen LogP) is 1.53. The zero-order chi connectivity index (χ0) is 19.5. The second-order valence-electron chi connectivity index (χ2n) is 5.63. The SMILES string of the molecule is Cc1ccc(O)c(C(=O)OC(C)C(=O)Nc2ccc(S(N)(=O)=O)cc2)c1. The normalized spacial score (nSPS) is 12.3. The third kappa shape index (κ3) is 4.80. The number of phenols is 1. The molecule has 2 aromatic carbocycles. The highest BCUT2D eigenvalue weighted by molar-refractivity contribution is 7.89. The minimum Gasteiger partial charge on any atom is -0.507 e. The summed E-state index contributed by atoms with van der Waals surface area (Å²) >= 11 is 0. The molecule has 2 rings (SSSR count). The average Bonchev–Trinajstić information content (AvgIpc) is 2.56. The Morgan fingerprint density at radius 3 is 2.35 bits per heavy atom. The Labute approximate surface area is 150 Å². The molecule has 0 aliphatic rings. The van der Waals surface area contributed by atoms with Crippen LogP contribution in [0, 0.1) is 6.92 Å². The Hall–Kier alpha value is -2.91. The van der Waals surface area contributed by atoms with Crippen LogP contribution in [0.25, 0.3) is 0 Å². The number of primary sulfonamides is 1. The van der Waals surface area contributed by atoms with Gasteiger partial charge in [0.25, 0.3) is 5.91 Å². The summed E-state index contributed by atoms with van der Waals surface area (Å²) in [6, 6.07) is 9.65. The van der Waals surface area contributed by atoms with Gasteiger partial charge in [0.1, 0.15) is 11.3 Å². The van der Waals surface area contributed by atoms with Gasteiger partial charge in [0.15, 0.2) is 6.10 Å². The van der Waals surface area contributed by atoms with Crippen molar-refractivity contribution in [2.45, 2.75) is 24.8 Å². The summed E-state index contributed by atoms with van der Waals surface area (Å²) in [6.07, 6.45) is -1.14. The molecule has 0 saturated heterocycles. The maximum Gasteiger partial charge on any atom is 0.342 e. The molecule has 0 fully saturated rings. The van der Waals surface area contributed by atoms with E-state index in [0.29, 0.717) is 5.69 Å². The van der Waals surface area contributed by atoms with Crippen molar-refractivity contribution in [2.24, 2.45) is 5.14 Å². The number of ether oxygens (including phenoxy) is 1. The first-order chi connectivity index (χ1) is 12.1. The van der Waals surface area contributed by atoms with Crippen molar-refractivity contribution in [3.05, 3.63) is 53.6 Å². The van der Waals surface area contributed by atoms with Crippen LogP contribution < -0.4 is 10.5 Å². The van der Waals surface area contributed by atoms with Crippen LogP contribution in [-0.4, -0.2) is 31.5 Å². The number of nitrogens with two attached hydrogens (primary N) is 1. The highest BCUT2D eigenvalue weighted by Gasteiger charge is 2.21. The molecule has 1 amide bonds. The van der Waals surface area contributed by atoms with Crippen LogP contribution in [0.1, 0.15) is 22.8 Å². The number of hydrogen-bond acceptors (Lipinski definition) is 6. The average molecular weight is 378 g/mol. The predicted molar refractivity (Wildman–Crippen MR) is 94.2 cm³/mol. The fraction of sp³-hybridized carbons (Fsp3) is 0.176. The molecule has 1 atom stereocenters. The molecule has 0 aliphatic heterocycles. The van der Waals surface area contributed by atoms with Crippen molar-refractivity contribution in [1.82, 2.24) is 0 Å². The standard InChI is InChI=1S/C17H18N2O6S/c1-10-3-8-15(20)14(9-10)17(22)25-11(2)16(21)19-12-4-6-13(7-5-12)26(18,23)24/h3-9,11,20H,1-2H3,(H,19,21)(H2,18,23,24). The number of rotatable bonds is 5. The van der Waals surface area contributed by atoms with E-state index in [1.165, 1.54) is 43.3 Å². The third-order valence-electron chi connectivity index (χ3n) is 3.48. The zero-order valence-corrected chi connectivity index (χ0v) is 14.9. The summed E-state index contributed by atoms with van der Waals surface area (Å²) in [5.41, 5.74) is 1.02. The number of amides is 1. The second kappa shape index (κ2) is 7.54. The molecule has 0 bridgehead atoms. The van der Waals surface area contributed by atoms with Crippen molar-refractivity contribution in [1.29, 1.82) is 0 Å². The minimum absolute atomic E-state index is 0.0397. The molecule has 0 aromatic heterocycles. The van der Waals surface area contributed by atoms with E-state index in [2.05, 4.69) is 5.32 Å². The number of anilines is 1. The number of benzene rings is 2. The van der Waals surface area contributed by atoms with Crippen molar-refractivity contribution in [3.8, 4) is 5.75 Å². The Morgan fingerprint density at radius 2 is 1.77 bits per heavy atom. The molecule has 1 unspecified atom stereocenters. The van der Waals surface area contributed by atoms with E-state index in [1.807, 2.05) is 0 Å². The van der Waals surface area contributed by atoms with E-state index >= 15 is 0 Å². The summed E-state index contributed by atoms with van der Waals surface area (Å²) in [5, 5.41) is 17.2. The van der Waals surface area contributed by atoms with Crippen molar-refractivity contribution in [3.63, 3.8) is 0 Å². The lowest BCUT2D eigenvalue weighted by Crippen LogP contribution is -2.30. The fourth-order valence-corrected chi connectivity index (χ4v) is 2.58. The minimum atomic E-state index is -3.82. The maximum absolute atomic E-state index is 12.1. The Bertz CT molecular complexity index is 938. The summed E-state index contributed by atoms with van der Waals surface area (Å²) < 4.78 is 27.4. The van der Waals surface area contributed by atoms with Crippen molar-refractivity contribution >= 4 is 27.6 Å².